The molecule has 0 amide bonds. The number of fused-ring (bicyclic) bond motifs is 2. The third-order valence-corrected chi connectivity index (χ3v) is 4.06. The summed E-state index contributed by atoms with van der Waals surface area (Å²) in [4.78, 5) is 19.6. The number of alkyl halides is 3. The van der Waals surface area contributed by atoms with Gasteiger partial charge in [-0.15, -0.1) is 13.2 Å². The van der Waals surface area contributed by atoms with Crippen LogP contribution in [0.15, 0.2) is 41.4 Å². The maximum atomic E-state index is 12.7. The van der Waals surface area contributed by atoms with Gasteiger partial charge >= 0.3 is 6.36 Å². The first kappa shape index (κ1) is 16.2. The first-order valence-electron chi connectivity index (χ1n) is 7.58. The number of halogens is 3. The highest BCUT2D eigenvalue weighted by molar-refractivity contribution is 6.56. The second-order valence-electron chi connectivity index (χ2n) is 5.91. The van der Waals surface area contributed by atoms with Gasteiger partial charge in [0.05, 0.1) is 16.8 Å². The van der Waals surface area contributed by atoms with E-state index in [1.165, 1.54) is 6.07 Å². The van der Waals surface area contributed by atoms with Gasteiger partial charge in [0, 0.05) is 10.9 Å². The molecular formula is C18H11F3N2O3. The van der Waals surface area contributed by atoms with E-state index in [0.717, 1.165) is 17.7 Å². The van der Waals surface area contributed by atoms with Crippen LogP contribution in [0, 0.1) is 6.92 Å². The van der Waals surface area contributed by atoms with Crippen molar-refractivity contribution in [2.75, 3.05) is 0 Å². The Morgan fingerprint density at radius 1 is 1.15 bits per heavy atom. The molecular weight excluding hydrogens is 349 g/mol. The second kappa shape index (κ2) is 5.35. The molecule has 26 heavy (non-hydrogen) atoms. The number of nitrogens with zero attached hydrogens (tertiary/aromatic N) is 1. The Kier molecular flexibility index (Phi) is 3.33. The molecule has 0 spiro atoms. The van der Waals surface area contributed by atoms with Crippen LogP contribution in [0.1, 0.15) is 21.5 Å². The number of carbonyl (C=O) groups excluding carboxylic acids is 1. The molecule has 0 saturated carbocycles. The fourth-order valence-corrected chi connectivity index (χ4v) is 2.99. The number of aromatic hydroxyl groups is 1. The van der Waals surface area contributed by atoms with Crippen molar-refractivity contribution >= 4 is 28.1 Å². The molecule has 5 nitrogen and oxygen atoms in total. The molecule has 2 heterocycles. The maximum Gasteiger partial charge on any atom is 0.573 e. The number of ketones is 1. The Balaban J connectivity index is 1.86. The number of Topliss-reactive ketones (excluding diaryl/α,β-unsaturated/α-hetero) is 1. The first-order chi connectivity index (χ1) is 12.2. The van der Waals surface area contributed by atoms with Crippen molar-refractivity contribution in [2.45, 2.75) is 13.3 Å². The molecule has 8 heteroatoms. The van der Waals surface area contributed by atoms with Crippen molar-refractivity contribution in [1.29, 1.82) is 0 Å². The minimum atomic E-state index is -4.85. The summed E-state index contributed by atoms with van der Waals surface area (Å²) in [5.41, 5.74) is 2.08. The van der Waals surface area contributed by atoms with Crippen LogP contribution in [-0.2, 0) is 0 Å². The minimum absolute atomic E-state index is 0.0292. The number of rotatable bonds is 2. The molecule has 0 atom stereocenters. The summed E-state index contributed by atoms with van der Waals surface area (Å²) in [7, 11) is 0. The van der Waals surface area contributed by atoms with Crippen LogP contribution >= 0.6 is 0 Å². The lowest BCUT2D eigenvalue weighted by molar-refractivity contribution is -0.274. The zero-order valence-electron chi connectivity index (χ0n) is 13.3. The summed E-state index contributed by atoms with van der Waals surface area (Å²) in [6.45, 7) is 1.83. The molecule has 132 valence electrons. The van der Waals surface area contributed by atoms with E-state index in [1.54, 1.807) is 18.2 Å². The zero-order valence-corrected chi connectivity index (χ0v) is 13.3. The predicted octanol–water partition coefficient (Wildman–Crippen LogP) is 4.40. The number of benzene rings is 2. The van der Waals surface area contributed by atoms with E-state index in [9.17, 15) is 23.1 Å². The fraction of sp³-hybridized carbons (Fsp3) is 0.111. The Morgan fingerprint density at radius 2 is 1.92 bits per heavy atom. The number of aryl methyl sites for hydroxylation is 1. The molecule has 0 aliphatic carbocycles. The van der Waals surface area contributed by atoms with Gasteiger partial charge < -0.3 is 14.8 Å². The number of hydrogen-bond acceptors (Lipinski definition) is 4. The number of aromatic amines is 1. The summed E-state index contributed by atoms with van der Waals surface area (Å²) < 4.78 is 41.3. The van der Waals surface area contributed by atoms with E-state index < -0.39 is 17.9 Å². The van der Waals surface area contributed by atoms with Crippen LogP contribution in [0.2, 0.25) is 0 Å². The Morgan fingerprint density at radius 3 is 2.65 bits per heavy atom. The van der Waals surface area contributed by atoms with E-state index in [4.69, 9.17) is 0 Å². The normalized spacial score (nSPS) is 13.8. The van der Waals surface area contributed by atoms with Crippen molar-refractivity contribution < 1.29 is 27.8 Å². The molecule has 1 aliphatic heterocycles. The van der Waals surface area contributed by atoms with Gasteiger partial charge in [0.2, 0.25) is 5.78 Å². The Labute approximate surface area is 144 Å². The fourth-order valence-electron chi connectivity index (χ4n) is 2.99. The number of ether oxygens (including phenoxy) is 1. The highest BCUT2D eigenvalue weighted by Crippen LogP contribution is 2.37. The first-order valence-corrected chi connectivity index (χ1v) is 7.58. The lowest BCUT2D eigenvalue weighted by Crippen LogP contribution is -2.17. The maximum absolute atomic E-state index is 12.7. The van der Waals surface area contributed by atoms with Gasteiger partial charge in [0.1, 0.15) is 11.5 Å². The number of carbonyl (C=O) groups is 1. The Bertz CT molecular complexity index is 1100. The molecule has 2 N–H and O–H groups in total. The number of nitrogens with one attached hydrogen (secondary N) is 1. The topological polar surface area (TPSA) is 74.7 Å². The Hall–Kier alpha value is -3.29. The number of hydrogen-bond donors (Lipinski definition) is 2. The number of aromatic nitrogens is 1. The van der Waals surface area contributed by atoms with Crippen molar-refractivity contribution in [3.63, 3.8) is 0 Å². The summed E-state index contributed by atoms with van der Waals surface area (Å²) in [5.74, 6) is -1.20. The summed E-state index contributed by atoms with van der Waals surface area (Å²) in [5, 5.41) is 10.4. The lowest BCUT2D eigenvalue weighted by atomic mass is 10.0. The van der Waals surface area contributed by atoms with Gasteiger partial charge in [-0.1, -0.05) is 11.6 Å². The van der Waals surface area contributed by atoms with Gasteiger partial charge in [-0.05, 0) is 37.3 Å². The monoisotopic (exact) mass is 360 g/mol. The van der Waals surface area contributed by atoms with Crippen LogP contribution in [0.3, 0.4) is 0 Å². The summed E-state index contributed by atoms with van der Waals surface area (Å²) in [6, 6.07) is 8.71. The van der Waals surface area contributed by atoms with E-state index in [0.29, 0.717) is 16.8 Å². The van der Waals surface area contributed by atoms with Gasteiger partial charge in [0.25, 0.3) is 0 Å². The smallest absolute Gasteiger partial charge is 0.494 e. The van der Waals surface area contributed by atoms with Gasteiger partial charge in [-0.2, -0.15) is 0 Å². The largest absolute Gasteiger partial charge is 0.573 e. The van der Waals surface area contributed by atoms with Gasteiger partial charge in [-0.3, -0.25) is 4.79 Å². The van der Waals surface area contributed by atoms with Gasteiger partial charge in [-0.25, -0.2) is 4.99 Å². The molecule has 1 aromatic heterocycles. The van der Waals surface area contributed by atoms with E-state index in [-0.39, 0.29) is 22.5 Å². The molecule has 0 bridgehead atoms. The molecule has 0 fully saturated rings. The SMILES string of the molecule is Cc1ccc2c(c1)C(=O)C(c1c(O)[nH]c3ccc(OC(F)(F)F)cc13)=N2. The van der Waals surface area contributed by atoms with Crippen LogP contribution in [-0.4, -0.2) is 27.9 Å². The highest BCUT2D eigenvalue weighted by atomic mass is 19.4. The van der Waals surface area contributed by atoms with Crippen molar-refractivity contribution in [3.8, 4) is 11.6 Å². The van der Waals surface area contributed by atoms with Crippen LogP contribution in [0.5, 0.6) is 11.6 Å². The average molecular weight is 360 g/mol. The van der Waals surface area contributed by atoms with Crippen LogP contribution < -0.4 is 4.74 Å². The molecule has 2 aromatic carbocycles. The summed E-state index contributed by atoms with van der Waals surface area (Å²) >= 11 is 0. The van der Waals surface area contributed by atoms with Crippen molar-refractivity contribution in [3.05, 3.63) is 53.1 Å². The molecule has 4 rings (SSSR count). The van der Waals surface area contributed by atoms with Gasteiger partial charge in [0.15, 0.2) is 5.88 Å². The van der Waals surface area contributed by atoms with E-state index in [2.05, 4.69) is 14.7 Å². The molecule has 0 saturated heterocycles. The quantitative estimate of drug-likeness (QED) is 0.711. The minimum Gasteiger partial charge on any atom is -0.494 e. The second-order valence-corrected chi connectivity index (χ2v) is 5.91. The molecule has 1 aliphatic rings. The molecule has 0 radical (unpaired) electrons. The average Bonchev–Trinajstić information content (AvgIpc) is 3.02. The van der Waals surface area contributed by atoms with E-state index in [1.807, 2.05) is 6.92 Å². The lowest BCUT2D eigenvalue weighted by Gasteiger charge is -2.08. The van der Waals surface area contributed by atoms with Crippen LogP contribution in [0.4, 0.5) is 18.9 Å². The van der Waals surface area contributed by atoms with E-state index >= 15 is 0 Å². The van der Waals surface area contributed by atoms with Crippen molar-refractivity contribution in [1.82, 2.24) is 4.98 Å². The third-order valence-electron chi connectivity index (χ3n) is 4.06. The molecule has 3 aromatic rings. The number of aliphatic imine (C=N–C) groups is 1. The third kappa shape index (κ3) is 2.59. The zero-order chi connectivity index (χ0) is 18.6. The standard InChI is InChI=1S/C18H11F3N2O3/c1-8-2-4-13-11(6-8)16(24)15(22-13)14-10-7-9(26-18(19,20)21)3-5-12(10)23-17(14)25/h2-7,23,25H,1H3. The predicted molar refractivity (Wildman–Crippen MR) is 88.4 cm³/mol. The van der Waals surface area contributed by atoms with Crippen LogP contribution in [0.25, 0.3) is 10.9 Å². The van der Waals surface area contributed by atoms with Crippen molar-refractivity contribution in [2.24, 2.45) is 4.99 Å². The molecule has 0 unspecified atom stereocenters. The number of H-pyrrole nitrogens is 1. The summed E-state index contributed by atoms with van der Waals surface area (Å²) in [6.07, 6.45) is -4.85. The highest BCUT2D eigenvalue weighted by Gasteiger charge is 2.33.